The molecule has 0 N–H and O–H groups in total. The van der Waals surface area contributed by atoms with E-state index in [1.807, 2.05) is 42.5 Å². The predicted octanol–water partition coefficient (Wildman–Crippen LogP) is 12.4. The van der Waals surface area contributed by atoms with E-state index in [4.69, 9.17) is 0 Å². The smallest absolute Gasteiger partial charge is 0.0998 e. The zero-order chi connectivity index (χ0) is 36.6. The highest BCUT2D eigenvalue weighted by Crippen LogP contribution is 2.40. The first-order valence-electron chi connectivity index (χ1n) is 18.3. The van der Waals surface area contributed by atoms with Crippen molar-refractivity contribution in [2.75, 3.05) is 0 Å². The lowest BCUT2D eigenvalue weighted by molar-refractivity contribution is 1.15. The van der Waals surface area contributed by atoms with Crippen LogP contribution >= 0.6 is 0 Å². The van der Waals surface area contributed by atoms with Crippen LogP contribution in [0.15, 0.2) is 176 Å². The maximum absolute atomic E-state index is 10.1. The second kappa shape index (κ2) is 11.8. The highest BCUT2D eigenvalue weighted by atomic mass is 15.0. The Morgan fingerprint density at radius 1 is 0.364 bits per heavy atom. The summed E-state index contributed by atoms with van der Waals surface area (Å²) in [5.41, 5.74) is 12.8. The van der Waals surface area contributed by atoms with Gasteiger partial charge in [-0.1, -0.05) is 97.1 Å². The number of para-hydroxylation sites is 4. The van der Waals surface area contributed by atoms with Crippen molar-refractivity contribution in [3.63, 3.8) is 0 Å². The van der Waals surface area contributed by atoms with Crippen LogP contribution < -0.4 is 0 Å². The van der Waals surface area contributed by atoms with E-state index < -0.39 is 0 Å². The van der Waals surface area contributed by atoms with Crippen molar-refractivity contribution in [3.05, 3.63) is 187 Å². The fourth-order valence-electron chi connectivity index (χ4n) is 8.77. The van der Waals surface area contributed by atoms with E-state index in [2.05, 4.69) is 159 Å². The first-order valence-corrected chi connectivity index (χ1v) is 18.3. The van der Waals surface area contributed by atoms with E-state index in [1.54, 1.807) is 0 Å². The number of nitrogens with zero attached hydrogens (tertiary/aromatic N) is 5. The fraction of sp³-hybridized carbons (Fsp3) is 0. The lowest BCUT2D eigenvalue weighted by Crippen LogP contribution is -1.99. The van der Waals surface area contributed by atoms with E-state index in [1.165, 1.54) is 32.6 Å². The van der Waals surface area contributed by atoms with E-state index in [-0.39, 0.29) is 0 Å². The van der Waals surface area contributed by atoms with Crippen molar-refractivity contribution in [1.29, 1.82) is 10.5 Å². The average Bonchev–Trinajstić information content (AvgIpc) is 3.89. The summed E-state index contributed by atoms with van der Waals surface area (Å²) in [6, 6.07) is 66.0. The number of hydrogen-bond donors (Lipinski definition) is 0. The van der Waals surface area contributed by atoms with Crippen LogP contribution in [-0.4, -0.2) is 13.7 Å². The molecule has 0 unspecified atom stereocenters. The molecule has 5 nitrogen and oxygen atoms in total. The standard InChI is InChI=1S/C50H29N5/c51-30-32-20-27-47(55-46-18-8-4-14-41(46)50-34(31-52)10-9-19-48(50)55)42(28-32)33-21-23-35(24-22-33)53-43-15-5-3-13-39(43)40-26-25-36(29-49(40)53)54-44-16-6-1-11-37(44)38-12-2-7-17-45(38)54/h1-29H. The summed E-state index contributed by atoms with van der Waals surface area (Å²) in [4.78, 5) is 0. The van der Waals surface area contributed by atoms with Gasteiger partial charge in [0.05, 0.1) is 62.1 Å². The second-order valence-electron chi connectivity index (χ2n) is 14.0. The topological polar surface area (TPSA) is 62.4 Å². The quantitative estimate of drug-likeness (QED) is 0.184. The first kappa shape index (κ1) is 30.7. The molecule has 8 aromatic carbocycles. The van der Waals surface area contributed by atoms with E-state index in [9.17, 15) is 10.5 Å². The molecule has 0 spiro atoms. The summed E-state index contributed by atoms with van der Waals surface area (Å²) in [6.07, 6.45) is 0. The van der Waals surface area contributed by atoms with Gasteiger partial charge in [0.2, 0.25) is 0 Å². The van der Waals surface area contributed by atoms with Crippen LogP contribution in [0, 0.1) is 22.7 Å². The van der Waals surface area contributed by atoms with Crippen LogP contribution in [-0.2, 0) is 0 Å². The van der Waals surface area contributed by atoms with Crippen molar-refractivity contribution in [2.45, 2.75) is 0 Å². The normalized spacial score (nSPS) is 11.6. The largest absolute Gasteiger partial charge is 0.309 e. The molecule has 0 aliphatic rings. The summed E-state index contributed by atoms with van der Waals surface area (Å²) in [5.74, 6) is 0. The van der Waals surface area contributed by atoms with E-state index in [0.29, 0.717) is 11.1 Å². The molecule has 55 heavy (non-hydrogen) atoms. The summed E-state index contributed by atoms with van der Waals surface area (Å²) in [7, 11) is 0. The van der Waals surface area contributed by atoms with Crippen LogP contribution in [0.5, 0.6) is 0 Å². The molecule has 0 aliphatic heterocycles. The molecular formula is C50H29N5. The Labute approximate surface area is 316 Å². The van der Waals surface area contributed by atoms with Crippen molar-refractivity contribution >= 4 is 65.4 Å². The Balaban J connectivity index is 1.11. The Morgan fingerprint density at radius 3 is 1.51 bits per heavy atom. The molecule has 0 fully saturated rings. The number of benzene rings is 8. The van der Waals surface area contributed by atoms with Crippen molar-refractivity contribution in [1.82, 2.24) is 13.7 Å². The van der Waals surface area contributed by atoms with Gasteiger partial charge >= 0.3 is 0 Å². The van der Waals surface area contributed by atoms with Crippen LogP contribution in [0.25, 0.3) is 93.6 Å². The summed E-state index contributed by atoms with van der Waals surface area (Å²) < 4.78 is 6.95. The molecule has 254 valence electrons. The first-order chi connectivity index (χ1) is 27.2. The van der Waals surface area contributed by atoms with Gasteiger partial charge in [-0.2, -0.15) is 10.5 Å². The molecule has 0 atom stereocenters. The highest BCUT2D eigenvalue weighted by molar-refractivity contribution is 6.13. The lowest BCUT2D eigenvalue weighted by Gasteiger charge is -2.16. The minimum absolute atomic E-state index is 0.585. The monoisotopic (exact) mass is 699 g/mol. The number of aromatic nitrogens is 3. The molecule has 3 heterocycles. The molecule has 0 radical (unpaired) electrons. The van der Waals surface area contributed by atoms with Gasteiger partial charge in [0.15, 0.2) is 0 Å². The van der Waals surface area contributed by atoms with Gasteiger partial charge in [-0.05, 0) is 84.4 Å². The molecular weight excluding hydrogens is 671 g/mol. The van der Waals surface area contributed by atoms with Crippen LogP contribution in [0.1, 0.15) is 11.1 Å². The molecule has 0 saturated carbocycles. The summed E-state index contributed by atoms with van der Waals surface area (Å²) in [5, 5.41) is 26.9. The van der Waals surface area contributed by atoms with E-state index >= 15 is 0 Å². The summed E-state index contributed by atoms with van der Waals surface area (Å²) >= 11 is 0. The highest BCUT2D eigenvalue weighted by Gasteiger charge is 2.20. The summed E-state index contributed by atoms with van der Waals surface area (Å²) in [6.45, 7) is 0. The third kappa shape index (κ3) is 4.45. The molecule has 0 saturated heterocycles. The van der Waals surface area contributed by atoms with Crippen molar-refractivity contribution in [3.8, 4) is 40.3 Å². The van der Waals surface area contributed by atoms with Crippen LogP contribution in [0.2, 0.25) is 0 Å². The van der Waals surface area contributed by atoms with Crippen molar-refractivity contribution < 1.29 is 0 Å². The van der Waals surface area contributed by atoms with Gasteiger partial charge < -0.3 is 13.7 Å². The van der Waals surface area contributed by atoms with Crippen LogP contribution in [0.3, 0.4) is 0 Å². The Bertz CT molecular complexity index is 3400. The van der Waals surface area contributed by atoms with E-state index in [0.717, 1.165) is 61.0 Å². The lowest BCUT2D eigenvalue weighted by atomic mass is 10.00. The van der Waals surface area contributed by atoms with Gasteiger partial charge in [-0.3, -0.25) is 0 Å². The maximum atomic E-state index is 10.1. The SMILES string of the molecule is N#Cc1ccc(-n2c3ccccc3c3c(C#N)cccc32)c(-c2ccc(-n3c4ccccc4c4ccc(-n5c6ccccc6c6ccccc65)cc43)cc2)c1. The zero-order valence-electron chi connectivity index (χ0n) is 29.5. The Morgan fingerprint density at radius 2 is 0.891 bits per heavy atom. The molecule has 5 heteroatoms. The number of nitriles is 2. The Kier molecular flexibility index (Phi) is 6.61. The fourth-order valence-corrected chi connectivity index (χ4v) is 8.77. The minimum Gasteiger partial charge on any atom is -0.309 e. The third-order valence-electron chi connectivity index (χ3n) is 11.1. The minimum atomic E-state index is 0.585. The third-order valence-corrected chi connectivity index (χ3v) is 11.1. The Hall–Kier alpha value is -7.86. The van der Waals surface area contributed by atoms with Gasteiger partial charge in [0, 0.05) is 49.3 Å². The number of hydrogen-bond acceptors (Lipinski definition) is 2. The number of rotatable bonds is 4. The van der Waals surface area contributed by atoms with Crippen molar-refractivity contribution in [2.24, 2.45) is 0 Å². The second-order valence-corrected chi connectivity index (χ2v) is 14.0. The molecule has 11 aromatic rings. The molecule has 0 aliphatic carbocycles. The molecule has 11 rings (SSSR count). The molecule has 0 bridgehead atoms. The van der Waals surface area contributed by atoms with Crippen LogP contribution in [0.4, 0.5) is 0 Å². The molecule has 0 amide bonds. The van der Waals surface area contributed by atoms with Gasteiger partial charge in [0.25, 0.3) is 0 Å². The predicted molar refractivity (Wildman–Crippen MR) is 224 cm³/mol. The average molecular weight is 700 g/mol. The van der Waals surface area contributed by atoms with Gasteiger partial charge in [-0.15, -0.1) is 0 Å². The zero-order valence-corrected chi connectivity index (χ0v) is 29.5. The van der Waals surface area contributed by atoms with Gasteiger partial charge in [-0.25, -0.2) is 0 Å². The van der Waals surface area contributed by atoms with Gasteiger partial charge in [0.1, 0.15) is 0 Å². The maximum Gasteiger partial charge on any atom is 0.0998 e. The molecule has 3 aromatic heterocycles. The number of fused-ring (bicyclic) bond motifs is 9.